The predicted octanol–water partition coefficient (Wildman–Crippen LogP) is 26.0. The van der Waals surface area contributed by atoms with Gasteiger partial charge in [0.15, 0.2) is 12.2 Å². The first-order chi connectivity index (χ1) is 50.6. The zero-order valence-corrected chi connectivity index (χ0v) is 70.0. The Labute approximate surface area is 638 Å². The van der Waals surface area contributed by atoms with E-state index < -0.39 is 97.5 Å². The summed E-state index contributed by atoms with van der Waals surface area (Å²) in [7, 11) is -9.92. The number of carbonyl (C=O) groups is 4. The van der Waals surface area contributed by atoms with E-state index in [0.717, 1.165) is 95.8 Å². The van der Waals surface area contributed by atoms with Crippen LogP contribution in [0.3, 0.4) is 0 Å². The molecule has 0 aliphatic rings. The summed E-state index contributed by atoms with van der Waals surface area (Å²) in [5.74, 6) is -1.30. The van der Waals surface area contributed by atoms with E-state index in [1.165, 1.54) is 283 Å². The first-order valence-electron chi connectivity index (χ1n) is 44.2. The van der Waals surface area contributed by atoms with Crippen molar-refractivity contribution >= 4 is 39.5 Å². The van der Waals surface area contributed by atoms with Crippen molar-refractivity contribution in [3.05, 3.63) is 0 Å². The van der Waals surface area contributed by atoms with Crippen LogP contribution < -0.4 is 0 Å². The Morgan fingerprint density at radius 1 is 0.269 bits per heavy atom. The van der Waals surface area contributed by atoms with E-state index in [1.54, 1.807) is 0 Å². The van der Waals surface area contributed by atoms with Gasteiger partial charge in [0, 0.05) is 25.7 Å². The third-order valence-corrected chi connectivity index (χ3v) is 22.3. The maximum atomic E-state index is 13.1. The smallest absolute Gasteiger partial charge is 0.462 e. The van der Waals surface area contributed by atoms with Crippen LogP contribution in [0, 0.1) is 5.92 Å². The monoisotopic (exact) mass is 1520 g/mol. The lowest BCUT2D eigenvalue weighted by Crippen LogP contribution is -2.30. The van der Waals surface area contributed by atoms with Crippen molar-refractivity contribution in [1.82, 2.24) is 0 Å². The van der Waals surface area contributed by atoms with Crippen LogP contribution >= 0.6 is 15.6 Å². The highest BCUT2D eigenvalue weighted by Crippen LogP contribution is 2.45. The highest BCUT2D eigenvalue weighted by molar-refractivity contribution is 7.47. The number of esters is 4. The Hall–Kier alpha value is -1.94. The highest BCUT2D eigenvalue weighted by Gasteiger charge is 2.30. The van der Waals surface area contributed by atoms with Crippen molar-refractivity contribution in [2.75, 3.05) is 39.6 Å². The first-order valence-corrected chi connectivity index (χ1v) is 47.2. The van der Waals surface area contributed by atoms with Crippen LogP contribution in [0.4, 0.5) is 0 Å². The second kappa shape index (κ2) is 77.8. The normalized spacial score (nSPS) is 14.0. The molecule has 17 nitrogen and oxygen atoms in total. The standard InChI is InChI=1S/C85H166O17P2/c1-6-10-13-16-19-22-25-27-29-31-32-33-34-35-37-39-41-44-50-55-60-65-70-84(89)101-80(75-96-83(88)69-64-59-54-49-43-40-38-36-30-28-26-23-20-17-14-11-7-2)76-99-103(91,92)97-72-79(86)73-98-104(93,94)100-77-81(74-95-82(87)68-63-58-53-48-42-24-21-18-15-12-8-3)102-85(90)71-66-61-56-51-46-45-47-52-57-62-67-78(5)9-4/h78-81,86H,6-77H2,1-5H3,(H,91,92)(H,93,94)/t78?,79-,80-,81-/m1/s1. The summed E-state index contributed by atoms with van der Waals surface area (Å²) in [6.45, 7) is 7.38. The van der Waals surface area contributed by atoms with E-state index in [2.05, 4.69) is 34.6 Å². The summed E-state index contributed by atoms with van der Waals surface area (Å²) in [5, 5.41) is 10.7. The number of aliphatic hydroxyl groups is 1. The van der Waals surface area contributed by atoms with Crippen LogP contribution in [0.15, 0.2) is 0 Å². The van der Waals surface area contributed by atoms with Gasteiger partial charge in [0.25, 0.3) is 0 Å². The van der Waals surface area contributed by atoms with Gasteiger partial charge in [0.2, 0.25) is 0 Å². The molecule has 0 saturated carbocycles. The Kier molecular flexibility index (Phi) is 76.3. The number of unbranched alkanes of at least 4 members (excludes halogenated alkanes) is 56. The van der Waals surface area contributed by atoms with Gasteiger partial charge < -0.3 is 33.8 Å². The lowest BCUT2D eigenvalue weighted by atomic mass is 9.99. The zero-order valence-electron chi connectivity index (χ0n) is 68.2. The van der Waals surface area contributed by atoms with Crippen molar-refractivity contribution in [2.45, 2.75) is 477 Å². The van der Waals surface area contributed by atoms with Crippen LogP contribution in [0.1, 0.15) is 458 Å². The number of phosphoric ester groups is 2. The minimum absolute atomic E-state index is 0.107. The topological polar surface area (TPSA) is 237 Å². The SMILES string of the molecule is CCCCCCCCCCCCCCCCCCCCCCCCC(=O)O[C@H](COC(=O)CCCCCCCCCCCCCCCCCCC)COP(=O)(O)OC[C@@H](O)COP(=O)(O)OC[C@@H](COC(=O)CCCCCCCCCCCCC)OC(=O)CCCCCCCCCCCCC(C)CC. The van der Waals surface area contributed by atoms with Gasteiger partial charge in [-0.2, -0.15) is 0 Å². The fourth-order valence-electron chi connectivity index (χ4n) is 13.3. The van der Waals surface area contributed by atoms with Gasteiger partial charge >= 0.3 is 39.5 Å². The lowest BCUT2D eigenvalue weighted by Gasteiger charge is -2.21. The summed E-state index contributed by atoms with van der Waals surface area (Å²) in [6, 6.07) is 0. The quantitative estimate of drug-likeness (QED) is 0.0222. The molecule has 6 atom stereocenters. The van der Waals surface area contributed by atoms with E-state index in [1.807, 2.05) is 0 Å². The van der Waals surface area contributed by atoms with E-state index in [9.17, 15) is 43.2 Å². The molecular weight excluding hydrogens is 1350 g/mol. The van der Waals surface area contributed by atoms with Crippen LogP contribution in [-0.4, -0.2) is 96.7 Å². The third-order valence-electron chi connectivity index (χ3n) is 20.4. The largest absolute Gasteiger partial charge is 0.472 e. The van der Waals surface area contributed by atoms with E-state index in [0.29, 0.717) is 25.7 Å². The molecule has 0 aromatic rings. The van der Waals surface area contributed by atoms with E-state index in [-0.39, 0.29) is 25.7 Å². The molecule has 0 spiro atoms. The average molecular weight is 1520 g/mol. The number of hydrogen-bond donors (Lipinski definition) is 3. The van der Waals surface area contributed by atoms with E-state index >= 15 is 0 Å². The maximum Gasteiger partial charge on any atom is 0.472 e. The summed E-state index contributed by atoms with van der Waals surface area (Å²) in [6.07, 6.45) is 70.8. The molecule has 104 heavy (non-hydrogen) atoms. The Morgan fingerprint density at radius 3 is 0.683 bits per heavy atom. The second-order valence-electron chi connectivity index (χ2n) is 30.8. The number of carbonyl (C=O) groups excluding carboxylic acids is 4. The minimum atomic E-state index is -4.96. The van der Waals surface area contributed by atoms with Gasteiger partial charge in [-0.1, -0.05) is 407 Å². The minimum Gasteiger partial charge on any atom is -0.462 e. The third kappa shape index (κ3) is 76.8. The molecule has 0 saturated heterocycles. The van der Waals surface area contributed by atoms with Gasteiger partial charge in [-0.25, -0.2) is 9.13 Å². The number of aliphatic hydroxyl groups excluding tert-OH is 1. The van der Waals surface area contributed by atoms with Gasteiger partial charge in [-0.3, -0.25) is 37.3 Å². The first kappa shape index (κ1) is 102. The second-order valence-corrected chi connectivity index (χ2v) is 33.7. The van der Waals surface area contributed by atoms with Crippen LogP contribution in [0.25, 0.3) is 0 Å². The average Bonchev–Trinajstić information content (AvgIpc) is 0.909. The molecule has 0 amide bonds. The Bertz CT molecular complexity index is 1980. The molecule has 0 fully saturated rings. The molecule has 0 rings (SSSR count). The van der Waals surface area contributed by atoms with Crippen molar-refractivity contribution in [1.29, 1.82) is 0 Å². The molecule has 0 heterocycles. The number of hydrogen-bond acceptors (Lipinski definition) is 15. The van der Waals surface area contributed by atoms with Crippen molar-refractivity contribution in [2.24, 2.45) is 5.92 Å². The fourth-order valence-corrected chi connectivity index (χ4v) is 14.8. The summed E-state index contributed by atoms with van der Waals surface area (Å²) >= 11 is 0. The number of ether oxygens (including phenoxy) is 4. The fraction of sp³-hybridized carbons (Fsp3) is 0.953. The molecule has 0 aromatic carbocycles. The summed E-state index contributed by atoms with van der Waals surface area (Å²) < 4.78 is 68.9. The summed E-state index contributed by atoms with van der Waals surface area (Å²) in [4.78, 5) is 73.2. The molecule has 0 bridgehead atoms. The van der Waals surface area contributed by atoms with E-state index in [4.69, 9.17) is 37.0 Å². The number of phosphoric acid groups is 2. The summed E-state index contributed by atoms with van der Waals surface area (Å²) in [5.41, 5.74) is 0. The predicted molar refractivity (Wildman–Crippen MR) is 428 cm³/mol. The molecule has 618 valence electrons. The van der Waals surface area contributed by atoms with Crippen molar-refractivity contribution in [3.8, 4) is 0 Å². The van der Waals surface area contributed by atoms with Crippen LogP contribution in [0.2, 0.25) is 0 Å². The molecule has 3 N–H and O–H groups in total. The van der Waals surface area contributed by atoms with Crippen LogP contribution in [0.5, 0.6) is 0 Å². The molecular formula is C85H166O17P2. The number of rotatable bonds is 85. The lowest BCUT2D eigenvalue weighted by molar-refractivity contribution is -0.161. The van der Waals surface area contributed by atoms with Gasteiger partial charge in [-0.15, -0.1) is 0 Å². The van der Waals surface area contributed by atoms with Gasteiger partial charge in [0.1, 0.15) is 19.3 Å². The van der Waals surface area contributed by atoms with Gasteiger partial charge in [-0.05, 0) is 31.6 Å². The maximum absolute atomic E-state index is 13.1. The molecule has 19 heteroatoms. The van der Waals surface area contributed by atoms with Crippen molar-refractivity contribution < 1.29 is 80.2 Å². The molecule has 0 radical (unpaired) electrons. The molecule has 3 unspecified atom stereocenters. The zero-order chi connectivity index (χ0) is 76.2. The molecule has 0 aliphatic heterocycles. The Morgan fingerprint density at radius 2 is 0.462 bits per heavy atom. The highest BCUT2D eigenvalue weighted by atomic mass is 31.2. The molecule has 0 aromatic heterocycles. The van der Waals surface area contributed by atoms with Crippen molar-refractivity contribution in [3.63, 3.8) is 0 Å². The van der Waals surface area contributed by atoms with Gasteiger partial charge in [0.05, 0.1) is 26.4 Å². The van der Waals surface area contributed by atoms with Crippen LogP contribution in [-0.2, 0) is 65.4 Å². The Balaban J connectivity index is 5.22. The molecule has 0 aliphatic carbocycles.